The van der Waals surface area contributed by atoms with E-state index in [0.717, 1.165) is 27.8 Å². The van der Waals surface area contributed by atoms with E-state index in [2.05, 4.69) is 22.5 Å². The van der Waals surface area contributed by atoms with Gasteiger partial charge in [-0.1, -0.05) is 17.7 Å². The zero-order valence-corrected chi connectivity index (χ0v) is 10.4. The quantitative estimate of drug-likeness (QED) is 0.833. The van der Waals surface area contributed by atoms with Gasteiger partial charge in [-0.05, 0) is 28.9 Å². The van der Waals surface area contributed by atoms with Crippen LogP contribution in [0.25, 0.3) is 0 Å². The number of hydrogen-bond acceptors (Lipinski definition) is 2. The molecule has 0 radical (unpaired) electrons. The van der Waals surface area contributed by atoms with E-state index in [1.54, 1.807) is 0 Å². The first kappa shape index (κ1) is 12.3. The molecule has 1 N–H and O–H groups in total. The highest BCUT2D eigenvalue weighted by Crippen LogP contribution is 2.29. The van der Waals surface area contributed by atoms with Crippen molar-refractivity contribution in [3.63, 3.8) is 0 Å². The third-order valence-electron chi connectivity index (χ3n) is 1.99. The molecule has 0 amide bonds. The number of halogens is 1. The Morgan fingerprint density at radius 1 is 1.53 bits per heavy atom. The molecule has 1 aromatic carbocycles. The van der Waals surface area contributed by atoms with Crippen molar-refractivity contribution in [3.8, 4) is 5.75 Å². The summed E-state index contributed by atoms with van der Waals surface area (Å²) in [5.74, 6) is 0.723. The number of para-hydroxylation sites is 1. The molecule has 0 saturated carbocycles. The van der Waals surface area contributed by atoms with Gasteiger partial charge in [-0.25, -0.2) is 0 Å². The number of rotatable bonds is 5. The average Bonchev–Trinajstić information content (AvgIpc) is 2.20. The minimum absolute atomic E-state index is 0.0121. The van der Waals surface area contributed by atoms with E-state index >= 15 is 0 Å². The molecule has 0 bridgehead atoms. The number of benzene rings is 1. The summed E-state index contributed by atoms with van der Waals surface area (Å²) in [6.07, 6.45) is 0.826. The van der Waals surface area contributed by atoms with Crippen molar-refractivity contribution >= 4 is 15.9 Å². The molecule has 0 aliphatic rings. The summed E-state index contributed by atoms with van der Waals surface area (Å²) in [6.45, 7) is 6.36. The lowest BCUT2D eigenvalue weighted by atomic mass is 10.2. The van der Waals surface area contributed by atoms with E-state index in [9.17, 15) is 0 Å². The van der Waals surface area contributed by atoms with Gasteiger partial charge < -0.3 is 9.84 Å². The Balaban J connectivity index is 2.70. The summed E-state index contributed by atoms with van der Waals surface area (Å²) >= 11 is 3.40. The standard InChI is InChI=1S/C12H15BrO2/c1-9(2)6-7-15-12-10(8-14)4-3-5-11(12)13/h3-5,14H,1,6-8H2,2H3. The molecule has 0 atom stereocenters. The van der Waals surface area contributed by atoms with Crippen LogP contribution in [0.15, 0.2) is 34.8 Å². The minimum atomic E-state index is -0.0121. The van der Waals surface area contributed by atoms with E-state index in [0.29, 0.717) is 6.61 Å². The van der Waals surface area contributed by atoms with Crippen molar-refractivity contribution in [2.75, 3.05) is 6.61 Å². The Labute approximate surface area is 98.7 Å². The Morgan fingerprint density at radius 3 is 2.87 bits per heavy atom. The van der Waals surface area contributed by atoms with E-state index in [1.807, 2.05) is 25.1 Å². The van der Waals surface area contributed by atoms with Gasteiger partial charge in [0.15, 0.2) is 0 Å². The molecule has 3 heteroatoms. The molecular weight excluding hydrogens is 256 g/mol. The minimum Gasteiger partial charge on any atom is -0.492 e. The van der Waals surface area contributed by atoms with Gasteiger partial charge in [-0.15, -0.1) is 6.58 Å². The highest BCUT2D eigenvalue weighted by Gasteiger charge is 2.06. The van der Waals surface area contributed by atoms with Gasteiger partial charge in [-0.2, -0.15) is 0 Å². The average molecular weight is 271 g/mol. The molecule has 15 heavy (non-hydrogen) atoms. The molecule has 0 spiro atoms. The second-order valence-corrected chi connectivity index (χ2v) is 4.30. The molecule has 0 heterocycles. The Kier molecular flexibility index (Phi) is 4.85. The fourth-order valence-electron chi connectivity index (χ4n) is 1.17. The molecule has 0 aliphatic heterocycles. The van der Waals surface area contributed by atoms with Crippen molar-refractivity contribution < 1.29 is 9.84 Å². The van der Waals surface area contributed by atoms with Gasteiger partial charge in [0, 0.05) is 12.0 Å². The van der Waals surface area contributed by atoms with Crippen LogP contribution in [0.4, 0.5) is 0 Å². The fraction of sp³-hybridized carbons (Fsp3) is 0.333. The van der Waals surface area contributed by atoms with E-state index < -0.39 is 0 Å². The maximum atomic E-state index is 9.13. The summed E-state index contributed by atoms with van der Waals surface area (Å²) in [5.41, 5.74) is 1.89. The van der Waals surface area contributed by atoms with Crippen molar-refractivity contribution in [1.29, 1.82) is 0 Å². The highest BCUT2D eigenvalue weighted by atomic mass is 79.9. The van der Waals surface area contributed by atoms with Crippen molar-refractivity contribution in [3.05, 3.63) is 40.4 Å². The van der Waals surface area contributed by atoms with Crippen LogP contribution in [0, 0.1) is 0 Å². The van der Waals surface area contributed by atoms with Crippen LogP contribution in [-0.4, -0.2) is 11.7 Å². The third kappa shape index (κ3) is 3.68. The monoisotopic (exact) mass is 270 g/mol. The molecule has 82 valence electrons. The van der Waals surface area contributed by atoms with Crippen molar-refractivity contribution in [2.45, 2.75) is 20.0 Å². The maximum absolute atomic E-state index is 9.13. The van der Waals surface area contributed by atoms with Gasteiger partial charge >= 0.3 is 0 Å². The second kappa shape index (κ2) is 5.93. The topological polar surface area (TPSA) is 29.5 Å². The zero-order valence-electron chi connectivity index (χ0n) is 8.79. The number of aliphatic hydroxyl groups excluding tert-OH is 1. The van der Waals surface area contributed by atoms with Gasteiger partial charge in [0.05, 0.1) is 17.7 Å². The Hall–Kier alpha value is -0.800. The molecule has 1 rings (SSSR count). The van der Waals surface area contributed by atoms with Crippen LogP contribution in [0.2, 0.25) is 0 Å². The van der Waals surface area contributed by atoms with E-state index in [4.69, 9.17) is 9.84 Å². The molecule has 2 nitrogen and oxygen atoms in total. The molecule has 0 aromatic heterocycles. The normalized spacial score (nSPS) is 10.1. The first-order valence-electron chi connectivity index (χ1n) is 4.80. The summed E-state index contributed by atoms with van der Waals surface area (Å²) in [6, 6.07) is 5.62. The molecular formula is C12H15BrO2. The van der Waals surface area contributed by atoms with Crippen LogP contribution in [0.3, 0.4) is 0 Å². The smallest absolute Gasteiger partial charge is 0.138 e. The predicted molar refractivity (Wildman–Crippen MR) is 65.0 cm³/mol. The molecule has 1 aromatic rings. The summed E-state index contributed by atoms with van der Waals surface area (Å²) < 4.78 is 6.47. The van der Waals surface area contributed by atoms with Gasteiger partial charge in [0.25, 0.3) is 0 Å². The summed E-state index contributed by atoms with van der Waals surface area (Å²) in [7, 11) is 0. The van der Waals surface area contributed by atoms with Gasteiger partial charge in [0.1, 0.15) is 5.75 Å². The summed E-state index contributed by atoms with van der Waals surface area (Å²) in [4.78, 5) is 0. The van der Waals surface area contributed by atoms with E-state index in [-0.39, 0.29) is 6.61 Å². The second-order valence-electron chi connectivity index (χ2n) is 3.44. The third-order valence-corrected chi connectivity index (χ3v) is 2.62. The van der Waals surface area contributed by atoms with Crippen LogP contribution >= 0.6 is 15.9 Å². The molecule has 0 saturated heterocycles. The SMILES string of the molecule is C=C(C)CCOc1c(Br)cccc1CO. The first-order chi connectivity index (χ1) is 7.15. The van der Waals surface area contributed by atoms with Crippen LogP contribution < -0.4 is 4.74 Å². The largest absolute Gasteiger partial charge is 0.492 e. The Bertz CT molecular complexity index is 347. The lowest BCUT2D eigenvalue weighted by molar-refractivity contribution is 0.263. The number of ether oxygens (including phenoxy) is 1. The number of hydrogen-bond donors (Lipinski definition) is 1. The lowest BCUT2D eigenvalue weighted by Gasteiger charge is -2.11. The number of aliphatic hydroxyl groups is 1. The predicted octanol–water partition coefficient (Wildman–Crippen LogP) is 3.29. The summed E-state index contributed by atoms with van der Waals surface area (Å²) in [5, 5.41) is 9.13. The van der Waals surface area contributed by atoms with Crippen LogP contribution in [0.5, 0.6) is 5.75 Å². The van der Waals surface area contributed by atoms with Crippen molar-refractivity contribution in [1.82, 2.24) is 0 Å². The van der Waals surface area contributed by atoms with Gasteiger partial charge in [-0.3, -0.25) is 0 Å². The van der Waals surface area contributed by atoms with E-state index in [1.165, 1.54) is 0 Å². The fourth-order valence-corrected chi connectivity index (χ4v) is 1.69. The molecule has 0 unspecified atom stereocenters. The maximum Gasteiger partial charge on any atom is 0.138 e. The highest BCUT2D eigenvalue weighted by molar-refractivity contribution is 9.10. The van der Waals surface area contributed by atoms with Gasteiger partial charge in [0.2, 0.25) is 0 Å². The first-order valence-corrected chi connectivity index (χ1v) is 5.60. The molecule has 0 fully saturated rings. The van der Waals surface area contributed by atoms with Crippen LogP contribution in [-0.2, 0) is 6.61 Å². The zero-order chi connectivity index (χ0) is 11.3. The lowest BCUT2D eigenvalue weighted by Crippen LogP contribution is -2.01. The molecule has 0 aliphatic carbocycles. The van der Waals surface area contributed by atoms with Crippen LogP contribution in [0.1, 0.15) is 18.9 Å². The van der Waals surface area contributed by atoms with Crippen molar-refractivity contribution in [2.24, 2.45) is 0 Å². The Morgan fingerprint density at radius 2 is 2.27 bits per heavy atom.